The lowest BCUT2D eigenvalue weighted by atomic mass is 10.2. The molecule has 0 spiro atoms. The van der Waals surface area contributed by atoms with Gasteiger partial charge in [-0.1, -0.05) is 31.5 Å². The largest absolute Gasteiger partial charge is 0.494 e. The summed E-state index contributed by atoms with van der Waals surface area (Å²) in [5, 5.41) is 5.90. The van der Waals surface area contributed by atoms with Crippen LogP contribution in [-0.2, 0) is 0 Å². The molecule has 0 aliphatic rings. The summed E-state index contributed by atoms with van der Waals surface area (Å²) in [7, 11) is 0. The quantitative estimate of drug-likeness (QED) is 0.536. The molecule has 0 saturated carbocycles. The summed E-state index contributed by atoms with van der Waals surface area (Å²) in [5.41, 5.74) is 1.29. The van der Waals surface area contributed by atoms with E-state index in [2.05, 4.69) is 33.5 Å². The van der Waals surface area contributed by atoms with Crippen molar-refractivity contribution in [2.24, 2.45) is 0 Å². The van der Waals surface area contributed by atoms with E-state index >= 15 is 0 Å². The van der Waals surface area contributed by atoms with Gasteiger partial charge in [0.15, 0.2) is 5.11 Å². The van der Waals surface area contributed by atoms with Gasteiger partial charge >= 0.3 is 0 Å². The summed E-state index contributed by atoms with van der Waals surface area (Å²) in [4.78, 5) is 12.3. The minimum absolute atomic E-state index is 0.240. The van der Waals surface area contributed by atoms with Crippen LogP contribution in [0.3, 0.4) is 0 Å². The molecule has 0 heterocycles. The fourth-order valence-electron chi connectivity index (χ4n) is 1.95. The second kappa shape index (κ2) is 9.39. The summed E-state index contributed by atoms with van der Waals surface area (Å²) in [5.74, 6) is 0.404. The lowest BCUT2D eigenvalue weighted by Crippen LogP contribution is -2.34. The maximum atomic E-state index is 12.3. The number of halogens is 1. The first kappa shape index (κ1) is 18.4. The number of benzene rings is 2. The van der Waals surface area contributed by atoms with Crippen LogP contribution >= 0.6 is 28.1 Å². The molecule has 0 bridgehead atoms. The van der Waals surface area contributed by atoms with E-state index < -0.39 is 0 Å². The monoisotopic (exact) mass is 406 g/mol. The van der Waals surface area contributed by atoms with Crippen LogP contribution in [0.25, 0.3) is 0 Å². The average molecular weight is 407 g/mol. The Labute approximate surface area is 155 Å². The van der Waals surface area contributed by atoms with Gasteiger partial charge in [0.05, 0.1) is 12.3 Å². The third-order valence-corrected chi connectivity index (χ3v) is 4.11. The Hall–Kier alpha value is -1.92. The first-order chi connectivity index (χ1) is 11.6. The molecule has 126 valence electrons. The number of anilines is 1. The number of unbranched alkanes of at least 4 members (excludes halogenated alkanes) is 1. The van der Waals surface area contributed by atoms with Crippen LogP contribution in [0.4, 0.5) is 5.69 Å². The number of rotatable bonds is 6. The Balaban J connectivity index is 1.95. The van der Waals surface area contributed by atoms with Gasteiger partial charge in [-0.2, -0.15) is 0 Å². The molecule has 2 rings (SSSR count). The molecule has 0 aliphatic heterocycles. The molecule has 2 aromatic rings. The normalized spacial score (nSPS) is 10.1. The Kier molecular flexibility index (Phi) is 7.21. The summed E-state index contributed by atoms with van der Waals surface area (Å²) in [6, 6.07) is 14.6. The Morgan fingerprint density at radius 2 is 2.00 bits per heavy atom. The van der Waals surface area contributed by atoms with Gasteiger partial charge in [0, 0.05) is 10.0 Å². The first-order valence-corrected chi connectivity index (χ1v) is 8.90. The van der Waals surface area contributed by atoms with Crippen LogP contribution in [0.2, 0.25) is 0 Å². The number of thiocarbonyl (C=S) groups is 1. The topological polar surface area (TPSA) is 50.4 Å². The van der Waals surface area contributed by atoms with Gasteiger partial charge in [0.2, 0.25) is 0 Å². The molecule has 24 heavy (non-hydrogen) atoms. The number of carbonyl (C=O) groups is 1. The molecule has 2 N–H and O–H groups in total. The van der Waals surface area contributed by atoms with E-state index in [1.165, 1.54) is 0 Å². The van der Waals surface area contributed by atoms with Crippen molar-refractivity contribution in [2.75, 3.05) is 11.9 Å². The summed E-state index contributed by atoms with van der Waals surface area (Å²) in [6.07, 6.45) is 2.05. The van der Waals surface area contributed by atoms with Crippen molar-refractivity contribution in [3.8, 4) is 5.75 Å². The van der Waals surface area contributed by atoms with Crippen LogP contribution in [0, 0.1) is 0 Å². The molecule has 0 aromatic heterocycles. The van der Waals surface area contributed by atoms with E-state index in [0.717, 1.165) is 23.0 Å². The zero-order valence-corrected chi connectivity index (χ0v) is 15.7. The lowest BCUT2D eigenvalue weighted by Gasteiger charge is -2.11. The third kappa shape index (κ3) is 5.62. The number of hydrogen-bond donors (Lipinski definition) is 2. The Morgan fingerprint density at radius 3 is 2.75 bits per heavy atom. The summed E-state index contributed by atoms with van der Waals surface area (Å²) >= 11 is 8.62. The van der Waals surface area contributed by atoms with Gasteiger partial charge < -0.3 is 10.1 Å². The number of nitrogens with one attached hydrogen (secondary N) is 2. The van der Waals surface area contributed by atoms with Crippen molar-refractivity contribution in [1.29, 1.82) is 0 Å². The summed E-state index contributed by atoms with van der Waals surface area (Å²) in [6.45, 7) is 2.75. The Bertz CT molecular complexity index is 722. The smallest absolute Gasteiger partial charge is 0.257 e. The van der Waals surface area contributed by atoms with Crippen molar-refractivity contribution in [3.05, 3.63) is 58.6 Å². The number of amides is 1. The predicted octanol–water partition coefficient (Wildman–Crippen LogP) is 4.75. The molecular formula is C18H19BrN2O2S. The van der Waals surface area contributed by atoms with E-state index in [1.54, 1.807) is 18.2 Å². The highest BCUT2D eigenvalue weighted by molar-refractivity contribution is 9.10. The maximum Gasteiger partial charge on any atom is 0.257 e. The van der Waals surface area contributed by atoms with Gasteiger partial charge in [0.25, 0.3) is 5.91 Å². The highest BCUT2D eigenvalue weighted by Gasteiger charge is 2.10. The van der Waals surface area contributed by atoms with Gasteiger partial charge in [-0.3, -0.25) is 10.1 Å². The molecule has 1 amide bonds. The maximum absolute atomic E-state index is 12.3. The van der Waals surface area contributed by atoms with E-state index in [1.807, 2.05) is 30.3 Å². The molecule has 6 heteroatoms. The van der Waals surface area contributed by atoms with Gasteiger partial charge in [-0.25, -0.2) is 0 Å². The molecule has 0 radical (unpaired) electrons. The average Bonchev–Trinajstić information content (AvgIpc) is 2.57. The van der Waals surface area contributed by atoms with Crippen molar-refractivity contribution < 1.29 is 9.53 Å². The molecule has 0 fully saturated rings. The van der Waals surface area contributed by atoms with E-state index in [-0.39, 0.29) is 11.0 Å². The SMILES string of the molecule is CCCCOc1cccc(C(=O)NC(=S)Nc2ccccc2Br)c1. The second-order valence-electron chi connectivity index (χ2n) is 5.12. The molecule has 0 unspecified atom stereocenters. The highest BCUT2D eigenvalue weighted by atomic mass is 79.9. The number of hydrogen-bond acceptors (Lipinski definition) is 3. The number of ether oxygens (including phenoxy) is 1. The van der Waals surface area contributed by atoms with Crippen LogP contribution in [-0.4, -0.2) is 17.6 Å². The van der Waals surface area contributed by atoms with Crippen LogP contribution in [0.1, 0.15) is 30.1 Å². The van der Waals surface area contributed by atoms with Crippen LogP contribution in [0.5, 0.6) is 5.75 Å². The zero-order valence-electron chi connectivity index (χ0n) is 13.3. The van der Waals surface area contributed by atoms with Crippen LogP contribution in [0.15, 0.2) is 53.0 Å². The fraction of sp³-hybridized carbons (Fsp3) is 0.222. The molecule has 0 aliphatic carbocycles. The van der Waals surface area contributed by atoms with Gasteiger partial charge in [-0.05, 0) is 64.9 Å². The second-order valence-corrected chi connectivity index (χ2v) is 6.38. The molecule has 4 nitrogen and oxygen atoms in total. The molecule has 2 aromatic carbocycles. The predicted molar refractivity (Wildman–Crippen MR) is 105 cm³/mol. The van der Waals surface area contributed by atoms with Crippen LogP contribution < -0.4 is 15.4 Å². The summed E-state index contributed by atoms with van der Waals surface area (Å²) < 4.78 is 6.49. The van der Waals surface area contributed by atoms with Gasteiger partial charge in [0.1, 0.15) is 5.75 Å². The highest BCUT2D eigenvalue weighted by Crippen LogP contribution is 2.21. The number of carbonyl (C=O) groups excluding carboxylic acids is 1. The van der Waals surface area contributed by atoms with Gasteiger partial charge in [-0.15, -0.1) is 0 Å². The van der Waals surface area contributed by atoms with E-state index in [9.17, 15) is 4.79 Å². The molecular weight excluding hydrogens is 388 g/mol. The fourth-order valence-corrected chi connectivity index (χ4v) is 2.54. The van der Waals surface area contributed by atoms with Crippen molar-refractivity contribution >= 4 is 44.9 Å². The van der Waals surface area contributed by atoms with Crippen molar-refractivity contribution in [1.82, 2.24) is 5.32 Å². The first-order valence-electron chi connectivity index (χ1n) is 7.70. The third-order valence-electron chi connectivity index (χ3n) is 3.21. The minimum atomic E-state index is -0.277. The number of para-hydroxylation sites is 1. The standard InChI is InChI=1S/C18H19BrN2O2S/c1-2-3-11-23-14-8-6-7-13(12-14)17(22)21-18(24)20-16-10-5-4-9-15(16)19/h4-10,12H,2-3,11H2,1H3,(H2,20,21,22,24). The van der Waals surface area contributed by atoms with E-state index in [0.29, 0.717) is 17.9 Å². The lowest BCUT2D eigenvalue weighted by molar-refractivity contribution is 0.0977. The zero-order chi connectivity index (χ0) is 17.4. The molecule has 0 atom stereocenters. The Morgan fingerprint density at radius 1 is 1.21 bits per heavy atom. The van der Waals surface area contributed by atoms with Crippen molar-refractivity contribution in [3.63, 3.8) is 0 Å². The van der Waals surface area contributed by atoms with E-state index in [4.69, 9.17) is 17.0 Å². The minimum Gasteiger partial charge on any atom is -0.494 e. The van der Waals surface area contributed by atoms with Crippen molar-refractivity contribution in [2.45, 2.75) is 19.8 Å². The molecule has 0 saturated heterocycles.